The second kappa shape index (κ2) is 4.81. The monoisotopic (exact) mass is 337 g/mol. The minimum absolute atomic E-state index is 0.137. The summed E-state index contributed by atoms with van der Waals surface area (Å²) in [4.78, 5) is 0. The zero-order chi connectivity index (χ0) is 13.9. The van der Waals surface area contributed by atoms with E-state index in [2.05, 4.69) is 15.9 Å². The number of rotatable bonds is 2. The largest absolute Gasteiger partial charge is 0.324 e. The van der Waals surface area contributed by atoms with E-state index in [1.807, 2.05) is 6.07 Å². The van der Waals surface area contributed by atoms with Crippen LogP contribution in [0.15, 0.2) is 22.7 Å². The van der Waals surface area contributed by atoms with Gasteiger partial charge in [0.1, 0.15) is 5.82 Å². The van der Waals surface area contributed by atoms with E-state index in [-0.39, 0.29) is 11.9 Å². The second-order valence-corrected chi connectivity index (χ2v) is 8.12. The summed E-state index contributed by atoms with van der Waals surface area (Å²) in [5, 5.41) is 0. The molecule has 4 saturated carbocycles. The Morgan fingerprint density at radius 1 is 1.05 bits per heavy atom. The van der Waals surface area contributed by atoms with Crippen molar-refractivity contribution in [1.29, 1.82) is 0 Å². The van der Waals surface area contributed by atoms with Crippen molar-refractivity contribution in [3.05, 3.63) is 34.1 Å². The Hall–Kier alpha value is -0.410. The van der Waals surface area contributed by atoms with Crippen molar-refractivity contribution in [2.75, 3.05) is 0 Å². The highest BCUT2D eigenvalue weighted by atomic mass is 79.9. The molecule has 20 heavy (non-hydrogen) atoms. The van der Waals surface area contributed by atoms with Crippen molar-refractivity contribution in [2.24, 2.45) is 35.3 Å². The van der Waals surface area contributed by atoms with Crippen molar-refractivity contribution in [3.63, 3.8) is 0 Å². The molecule has 0 aliphatic heterocycles. The van der Waals surface area contributed by atoms with Gasteiger partial charge >= 0.3 is 0 Å². The molecule has 5 rings (SSSR count). The van der Waals surface area contributed by atoms with Gasteiger partial charge in [-0.15, -0.1) is 0 Å². The predicted octanol–water partition coefficient (Wildman–Crippen LogP) is 4.66. The van der Waals surface area contributed by atoms with Gasteiger partial charge in [-0.2, -0.15) is 0 Å². The first-order valence-electron chi connectivity index (χ1n) is 7.82. The Bertz CT molecular complexity index is 502. The lowest BCUT2D eigenvalue weighted by Gasteiger charge is -2.56. The lowest BCUT2D eigenvalue weighted by atomic mass is 9.50. The molecule has 0 saturated heterocycles. The first-order chi connectivity index (χ1) is 9.61. The van der Waals surface area contributed by atoms with Gasteiger partial charge < -0.3 is 5.73 Å². The number of hydrogen-bond acceptors (Lipinski definition) is 1. The van der Waals surface area contributed by atoms with Crippen molar-refractivity contribution in [1.82, 2.24) is 0 Å². The van der Waals surface area contributed by atoms with E-state index in [0.29, 0.717) is 11.5 Å². The second-order valence-electron chi connectivity index (χ2n) is 7.20. The average Bonchev–Trinajstić information content (AvgIpc) is 2.40. The molecular formula is C17H21BrFN. The molecule has 4 aliphatic carbocycles. The van der Waals surface area contributed by atoms with Crippen molar-refractivity contribution >= 4 is 15.9 Å². The Kier molecular flexibility index (Phi) is 3.19. The maximum atomic E-state index is 14.1. The lowest BCUT2D eigenvalue weighted by Crippen LogP contribution is -2.48. The summed E-state index contributed by atoms with van der Waals surface area (Å²) in [5.74, 6) is 3.70. The molecule has 4 fully saturated rings. The Labute approximate surface area is 128 Å². The van der Waals surface area contributed by atoms with Crippen LogP contribution >= 0.6 is 15.9 Å². The Morgan fingerprint density at radius 3 is 2.25 bits per heavy atom. The molecular weight excluding hydrogens is 317 g/mol. The van der Waals surface area contributed by atoms with Crippen molar-refractivity contribution < 1.29 is 4.39 Å². The summed E-state index contributed by atoms with van der Waals surface area (Å²) < 4.78 is 15.1. The van der Waals surface area contributed by atoms with Gasteiger partial charge in [0.25, 0.3) is 0 Å². The summed E-state index contributed by atoms with van der Waals surface area (Å²) in [6.45, 7) is 0. The Balaban J connectivity index is 1.65. The van der Waals surface area contributed by atoms with E-state index in [0.717, 1.165) is 28.1 Å². The van der Waals surface area contributed by atoms with E-state index in [4.69, 9.17) is 5.73 Å². The molecule has 0 aromatic heterocycles. The van der Waals surface area contributed by atoms with Gasteiger partial charge in [-0.05, 0) is 79.9 Å². The van der Waals surface area contributed by atoms with Crippen LogP contribution in [0.4, 0.5) is 4.39 Å². The van der Waals surface area contributed by atoms with Gasteiger partial charge in [-0.3, -0.25) is 0 Å². The zero-order valence-corrected chi connectivity index (χ0v) is 13.2. The molecule has 1 aromatic rings. The fourth-order valence-corrected chi connectivity index (χ4v) is 5.91. The van der Waals surface area contributed by atoms with Crippen LogP contribution in [0, 0.1) is 35.4 Å². The third kappa shape index (κ3) is 2.05. The van der Waals surface area contributed by atoms with Crippen LogP contribution in [0.2, 0.25) is 0 Å². The first kappa shape index (κ1) is 13.3. The smallest absolute Gasteiger partial charge is 0.128 e. The van der Waals surface area contributed by atoms with E-state index in [9.17, 15) is 4.39 Å². The van der Waals surface area contributed by atoms with Gasteiger partial charge in [0, 0.05) is 16.1 Å². The molecule has 1 nitrogen and oxygen atoms in total. The van der Waals surface area contributed by atoms with E-state index in [1.54, 1.807) is 6.07 Å². The van der Waals surface area contributed by atoms with Crippen LogP contribution in [-0.2, 0) is 0 Å². The lowest BCUT2D eigenvalue weighted by molar-refractivity contribution is -0.0475. The van der Waals surface area contributed by atoms with E-state index >= 15 is 0 Å². The topological polar surface area (TPSA) is 26.0 Å². The van der Waals surface area contributed by atoms with E-state index < -0.39 is 0 Å². The van der Waals surface area contributed by atoms with E-state index in [1.165, 1.54) is 38.2 Å². The number of nitrogens with two attached hydrogens (primary N) is 1. The highest BCUT2D eigenvalue weighted by Gasteiger charge is 2.50. The van der Waals surface area contributed by atoms with Gasteiger partial charge in [-0.1, -0.05) is 15.9 Å². The fourth-order valence-electron chi connectivity index (χ4n) is 5.53. The molecule has 1 aromatic carbocycles. The first-order valence-corrected chi connectivity index (χ1v) is 8.61. The molecule has 3 heteroatoms. The molecule has 0 radical (unpaired) electrons. The standard InChI is InChI=1S/C17H21BrFN/c18-13-1-2-15(19)14(8-13)17(20)16-11-4-9-3-10(6-11)7-12(16)5-9/h1-2,8-12,16-17H,3-7,20H2. The summed E-state index contributed by atoms with van der Waals surface area (Å²) in [6, 6.07) is 5.03. The highest BCUT2D eigenvalue weighted by Crippen LogP contribution is 2.59. The third-order valence-corrected chi connectivity index (χ3v) is 6.52. The maximum absolute atomic E-state index is 14.1. The SMILES string of the molecule is NC(c1cc(Br)ccc1F)C1C2CC3CC(C2)CC1C3. The highest BCUT2D eigenvalue weighted by molar-refractivity contribution is 9.10. The zero-order valence-electron chi connectivity index (χ0n) is 11.6. The van der Waals surface area contributed by atoms with Crippen LogP contribution in [0.5, 0.6) is 0 Å². The number of halogens is 2. The third-order valence-electron chi connectivity index (χ3n) is 6.03. The average molecular weight is 338 g/mol. The van der Waals surface area contributed by atoms with Gasteiger partial charge in [0.2, 0.25) is 0 Å². The molecule has 0 amide bonds. The molecule has 108 valence electrons. The predicted molar refractivity (Wildman–Crippen MR) is 81.6 cm³/mol. The molecule has 1 unspecified atom stereocenters. The van der Waals surface area contributed by atoms with Gasteiger partial charge in [0.15, 0.2) is 0 Å². The number of benzene rings is 1. The summed E-state index contributed by atoms with van der Waals surface area (Å²) >= 11 is 3.44. The fraction of sp³-hybridized carbons (Fsp3) is 0.647. The van der Waals surface area contributed by atoms with Gasteiger partial charge in [-0.25, -0.2) is 4.39 Å². The van der Waals surface area contributed by atoms with Crippen LogP contribution in [-0.4, -0.2) is 0 Å². The van der Waals surface area contributed by atoms with Crippen LogP contribution in [0.25, 0.3) is 0 Å². The minimum Gasteiger partial charge on any atom is -0.324 e. The maximum Gasteiger partial charge on any atom is 0.128 e. The molecule has 4 bridgehead atoms. The minimum atomic E-state index is -0.144. The quantitative estimate of drug-likeness (QED) is 0.834. The number of hydrogen-bond donors (Lipinski definition) is 1. The van der Waals surface area contributed by atoms with Crippen LogP contribution < -0.4 is 5.73 Å². The summed E-state index contributed by atoms with van der Waals surface area (Å²) in [6.07, 6.45) is 6.78. The normalized spacial score (nSPS) is 40.0. The summed E-state index contributed by atoms with van der Waals surface area (Å²) in [5.41, 5.74) is 7.23. The molecule has 4 aliphatic rings. The molecule has 2 N–H and O–H groups in total. The van der Waals surface area contributed by atoms with Crippen molar-refractivity contribution in [3.8, 4) is 0 Å². The summed E-state index contributed by atoms with van der Waals surface area (Å²) in [7, 11) is 0. The van der Waals surface area contributed by atoms with Crippen LogP contribution in [0.1, 0.15) is 43.7 Å². The Morgan fingerprint density at radius 2 is 1.65 bits per heavy atom. The molecule has 0 spiro atoms. The molecule has 1 atom stereocenters. The molecule has 0 heterocycles. The van der Waals surface area contributed by atoms with Gasteiger partial charge in [0.05, 0.1) is 0 Å². The van der Waals surface area contributed by atoms with Crippen LogP contribution in [0.3, 0.4) is 0 Å². The van der Waals surface area contributed by atoms with Crippen molar-refractivity contribution in [2.45, 2.75) is 38.1 Å².